The predicted octanol–water partition coefficient (Wildman–Crippen LogP) is 3.85. The molecule has 0 saturated heterocycles. The van der Waals surface area contributed by atoms with E-state index in [-0.39, 0.29) is 0 Å². The lowest BCUT2D eigenvalue weighted by Gasteiger charge is -2.34. The Morgan fingerprint density at radius 3 is 2.50 bits per heavy atom. The minimum Gasteiger partial charge on any atom is -0.310 e. The maximum Gasteiger partial charge on any atom is 0.0669 e. The van der Waals surface area contributed by atoms with E-state index in [0.717, 1.165) is 24.8 Å². The highest BCUT2D eigenvalue weighted by molar-refractivity contribution is 5.22. The average molecular weight is 277 g/mol. The van der Waals surface area contributed by atoms with E-state index in [9.17, 15) is 0 Å². The van der Waals surface area contributed by atoms with E-state index in [0.29, 0.717) is 6.04 Å². The molecule has 0 amide bonds. The van der Waals surface area contributed by atoms with Gasteiger partial charge in [0.15, 0.2) is 0 Å². The van der Waals surface area contributed by atoms with Crippen molar-refractivity contribution in [2.75, 3.05) is 6.54 Å². The van der Waals surface area contributed by atoms with Gasteiger partial charge >= 0.3 is 0 Å². The molecule has 0 aliphatic heterocycles. The van der Waals surface area contributed by atoms with Gasteiger partial charge in [0.05, 0.1) is 5.69 Å². The molecule has 1 aromatic heterocycles. The highest BCUT2D eigenvalue weighted by Gasteiger charge is 2.29. The Morgan fingerprint density at radius 2 is 1.95 bits per heavy atom. The van der Waals surface area contributed by atoms with Crippen LogP contribution in [0.1, 0.15) is 70.2 Å². The number of aromatic nitrogens is 2. The van der Waals surface area contributed by atoms with Crippen molar-refractivity contribution >= 4 is 0 Å². The van der Waals surface area contributed by atoms with Gasteiger partial charge in [-0.05, 0) is 37.6 Å². The van der Waals surface area contributed by atoms with E-state index in [2.05, 4.69) is 37.4 Å². The second kappa shape index (κ2) is 7.26. The maximum atomic E-state index is 4.63. The van der Waals surface area contributed by atoms with E-state index in [1.807, 2.05) is 11.7 Å². The van der Waals surface area contributed by atoms with Gasteiger partial charge in [-0.3, -0.25) is 4.68 Å². The van der Waals surface area contributed by atoms with E-state index >= 15 is 0 Å². The molecule has 1 N–H and O–H groups in total. The second-order valence-corrected chi connectivity index (χ2v) is 6.28. The number of nitrogens with one attached hydrogen (secondary N) is 1. The second-order valence-electron chi connectivity index (χ2n) is 6.28. The van der Waals surface area contributed by atoms with Crippen LogP contribution in [0.15, 0.2) is 6.20 Å². The summed E-state index contributed by atoms with van der Waals surface area (Å²) in [5.41, 5.74) is 2.72. The standard InChI is InChI=1S/C17H31N3/c1-5-13-8-10-14(11-9-13)17(18-7-3)15-12-20(4)19-16(15)6-2/h12-14,17-18H,5-11H2,1-4H3. The molecule has 114 valence electrons. The SMILES string of the molecule is CCNC(c1cn(C)nc1CC)C1CCC(CC)CC1. The number of nitrogens with zero attached hydrogens (tertiary/aromatic N) is 2. The van der Waals surface area contributed by atoms with Gasteiger partial charge in [0.2, 0.25) is 0 Å². The molecule has 0 bridgehead atoms. The summed E-state index contributed by atoms with van der Waals surface area (Å²) >= 11 is 0. The molecule has 3 heteroatoms. The third-order valence-electron chi connectivity index (χ3n) is 4.97. The summed E-state index contributed by atoms with van der Waals surface area (Å²) < 4.78 is 1.98. The molecule has 1 heterocycles. The van der Waals surface area contributed by atoms with Crippen LogP contribution in [0, 0.1) is 11.8 Å². The largest absolute Gasteiger partial charge is 0.310 e. The van der Waals surface area contributed by atoms with Crippen LogP contribution in [0.2, 0.25) is 0 Å². The van der Waals surface area contributed by atoms with Crippen molar-refractivity contribution < 1.29 is 0 Å². The Hall–Kier alpha value is -0.830. The van der Waals surface area contributed by atoms with Crippen molar-refractivity contribution in [2.24, 2.45) is 18.9 Å². The highest BCUT2D eigenvalue weighted by atomic mass is 15.3. The van der Waals surface area contributed by atoms with Gasteiger partial charge in [-0.25, -0.2) is 0 Å². The van der Waals surface area contributed by atoms with Crippen molar-refractivity contribution in [3.8, 4) is 0 Å². The van der Waals surface area contributed by atoms with Gasteiger partial charge < -0.3 is 5.32 Å². The lowest BCUT2D eigenvalue weighted by atomic mass is 9.76. The van der Waals surface area contributed by atoms with Gasteiger partial charge in [0.25, 0.3) is 0 Å². The van der Waals surface area contributed by atoms with Crippen molar-refractivity contribution in [1.29, 1.82) is 0 Å². The molecule has 0 radical (unpaired) electrons. The number of aryl methyl sites for hydroxylation is 2. The molecule has 1 unspecified atom stereocenters. The maximum absolute atomic E-state index is 4.63. The van der Waals surface area contributed by atoms with E-state index in [1.54, 1.807) is 0 Å². The summed E-state index contributed by atoms with van der Waals surface area (Å²) in [5, 5.41) is 8.37. The minimum atomic E-state index is 0.501. The summed E-state index contributed by atoms with van der Waals surface area (Å²) in [6.45, 7) is 7.80. The van der Waals surface area contributed by atoms with Gasteiger partial charge in [-0.1, -0.05) is 40.0 Å². The topological polar surface area (TPSA) is 29.9 Å². The molecule has 3 nitrogen and oxygen atoms in total. The monoisotopic (exact) mass is 277 g/mol. The van der Waals surface area contributed by atoms with Crippen molar-refractivity contribution in [3.05, 3.63) is 17.5 Å². The fourth-order valence-electron chi connectivity index (χ4n) is 3.77. The van der Waals surface area contributed by atoms with Crippen LogP contribution in [0.4, 0.5) is 0 Å². The minimum absolute atomic E-state index is 0.501. The lowest BCUT2D eigenvalue weighted by Crippen LogP contribution is -2.31. The zero-order valence-electron chi connectivity index (χ0n) is 13.7. The van der Waals surface area contributed by atoms with Crippen LogP contribution < -0.4 is 5.32 Å². The molecule has 1 atom stereocenters. The highest BCUT2D eigenvalue weighted by Crippen LogP contribution is 2.38. The van der Waals surface area contributed by atoms with Crippen LogP contribution in [-0.2, 0) is 13.5 Å². The summed E-state index contributed by atoms with van der Waals surface area (Å²) in [5.74, 6) is 1.75. The first-order valence-electron chi connectivity index (χ1n) is 8.45. The number of rotatable bonds is 6. The zero-order valence-corrected chi connectivity index (χ0v) is 13.7. The molecule has 0 spiro atoms. The van der Waals surface area contributed by atoms with Crippen molar-refractivity contribution in [3.63, 3.8) is 0 Å². The molecule has 1 saturated carbocycles. The Labute approximate surface area is 124 Å². The molecular weight excluding hydrogens is 246 g/mol. The molecule has 20 heavy (non-hydrogen) atoms. The van der Waals surface area contributed by atoms with Gasteiger partial charge in [0.1, 0.15) is 0 Å². The first kappa shape index (κ1) is 15.6. The van der Waals surface area contributed by atoms with Gasteiger partial charge in [0, 0.05) is 24.8 Å². The van der Waals surface area contributed by atoms with E-state index in [4.69, 9.17) is 0 Å². The summed E-state index contributed by atoms with van der Waals surface area (Å²) in [6, 6.07) is 0.501. The Bertz CT molecular complexity index is 402. The summed E-state index contributed by atoms with van der Waals surface area (Å²) in [4.78, 5) is 0. The first-order chi connectivity index (χ1) is 9.69. The van der Waals surface area contributed by atoms with Crippen LogP contribution in [-0.4, -0.2) is 16.3 Å². The molecule has 1 fully saturated rings. The van der Waals surface area contributed by atoms with Crippen LogP contribution in [0.5, 0.6) is 0 Å². The molecule has 1 aliphatic carbocycles. The number of hydrogen-bond acceptors (Lipinski definition) is 2. The average Bonchev–Trinajstić information content (AvgIpc) is 2.85. The van der Waals surface area contributed by atoms with Crippen LogP contribution in [0.3, 0.4) is 0 Å². The first-order valence-corrected chi connectivity index (χ1v) is 8.45. The molecule has 0 aromatic carbocycles. The van der Waals surface area contributed by atoms with Gasteiger partial charge in [-0.15, -0.1) is 0 Å². The Kier molecular flexibility index (Phi) is 5.64. The molecule has 1 aliphatic rings. The lowest BCUT2D eigenvalue weighted by molar-refractivity contribution is 0.219. The van der Waals surface area contributed by atoms with E-state index < -0.39 is 0 Å². The quantitative estimate of drug-likeness (QED) is 0.856. The normalized spacial score (nSPS) is 24.8. The molecular formula is C17H31N3. The zero-order chi connectivity index (χ0) is 14.5. The Morgan fingerprint density at radius 1 is 1.25 bits per heavy atom. The fourth-order valence-corrected chi connectivity index (χ4v) is 3.77. The van der Waals surface area contributed by atoms with E-state index in [1.165, 1.54) is 43.4 Å². The third kappa shape index (κ3) is 3.43. The van der Waals surface area contributed by atoms with Crippen molar-refractivity contribution in [2.45, 2.75) is 65.3 Å². The van der Waals surface area contributed by atoms with Crippen LogP contribution in [0.25, 0.3) is 0 Å². The summed E-state index contributed by atoms with van der Waals surface area (Å²) in [6.07, 6.45) is 10.2. The molecule has 2 rings (SSSR count). The third-order valence-corrected chi connectivity index (χ3v) is 4.97. The van der Waals surface area contributed by atoms with Crippen LogP contribution >= 0.6 is 0 Å². The van der Waals surface area contributed by atoms with Gasteiger partial charge in [-0.2, -0.15) is 5.10 Å². The number of hydrogen-bond donors (Lipinski definition) is 1. The smallest absolute Gasteiger partial charge is 0.0669 e. The molecule has 1 aromatic rings. The van der Waals surface area contributed by atoms with Crippen molar-refractivity contribution in [1.82, 2.24) is 15.1 Å². The predicted molar refractivity (Wildman–Crippen MR) is 84.7 cm³/mol. The Balaban J connectivity index is 2.14. The fraction of sp³-hybridized carbons (Fsp3) is 0.824. The summed E-state index contributed by atoms with van der Waals surface area (Å²) in [7, 11) is 2.04.